The zero-order valence-corrected chi connectivity index (χ0v) is 12.2. The molecule has 3 N–H and O–H groups in total. The second-order valence-electron chi connectivity index (χ2n) is 5.82. The lowest BCUT2D eigenvalue weighted by molar-refractivity contribution is -0.129. The van der Waals surface area contributed by atoms with Crippen LogP contribution < -0.4 is 16.0 Å². The van der Waals surface area contributed by atoms with Crippen molar-refractivity contribution in [1.82, 2.24) is 16.0 Å². The van der Waals surface area contributed by atoms with Gasteiger partial charge in [0.25, 0.3) is 0 Å². The molecular weight excluding hydrogens is 246 g/mol. The van der Waals surface area contributed by atoms with Crippen LogP contribution in [-0.4, -0.2) is 49.7 Å². The molecule has 110 valence electrons. The van der Waals surface area contributed by atoms with Crippen molar-refractivity contribution >= 4 is 11.8 Å². The SMILES string of the molecule is CCNC1COCC1C(=O)NCC(=O)NC(C)(C)C. The Morgan fingerprint density at radius 2 is 1.95 bits per heavy atom. The average Bonchev–Trinajstić information content (AvgIpc) is 2.72. The van der Waals surface area contributed by atoms with Gasteiger partial charge in [0.15, 0.2) is 0 Å². The van der Waals surface area contributed by atoms with E-state index in [1.165, 1.54) is 0 Å². The number of rotatable bonds is 5. The smallest absolute Gasteiger partial charge is 0.239 e. The second-order valence-corrected chi connectivity index (χ2v) is 5.82. The van der Waals surface area contributed by atoms with Gasteiger partial charge in [-0.1, -0.05) is 6.92 Å². The first kappa shape index (κ1) is 15.9. The van der Waals surface area contributed by atoms with Crippen molar-refractivity contribution < 1.29 is 14.3 Å². The summed E-state index contributed by atoms with van der Waals surface area (Å²) < 4.78 is 5.31. The number of ether oxygens (including phenoxy) is 1. The summed E-state index contributed by atoms with van der Waals surface area (Å²) in [5, 5.41) is 8.68. The van der Waals surface area contributed by atoms with E-state index in [9.17, 15) is 9.59 Å². The number of amides is 2. The Labute approximate surface area is 114 Å². The van der Waals surface area contributed by atoms with Crippen molar-refractivity contribution in [2.75, 3.05) is 26.3 Å². The van der Waals surface area contributed by atoms with Crippen molar-refractivity contribution in [1.29, 1.82) is 0 Å². The van der Waals surface area contributed by atoms with Crippen LogP contribution in [0, 0.1) is 5.92 Å². The van der Waals surface area contributed by atoms with Gasteiger partial charge in [0, 0.05) is 11.6 Å². The van der Waals surface area contributed by atoms with Crippen molar-refractivity contribution in [3.05, 3.63) is 0 Å². The molecule has 1 aliphatic heterocycles. The normalized spacial score (nSPS) is 23.2. The van der Waals surface area contributed by atoms with E-state index in [-0.39, 0.29) is 35.9 Å². The molecule has 0 radical (unpaired) electrons. The molecule has 0 bridgehead atoms. The average molecular weight is 271 g/mol. The maximum atomic E-state index is 12.0. The molecule has 0 aromatic heterocycles. The van der Waals surface area contributed by atoms with Crippen LogP contribution in [0.5, 0.6) is 0 Å². The third-order valence-corrected chi connectivity index (χ3v) is 2.82. The van der Waals surface area contributed by atoms with Gasteiger partial charge in [0.1, 0.15) is 0 Å². The Morgan fingerprint density at radius 1 is 1.26 bits per heavy atom. The van der Waals surface area contributed by atoms with Crippen LogP contribution in [0.1, 0.15) is 27.7 Å². The van der Waals surface area contributed by atoms with Crippen molar-refractivity contribution in [2.45, 2.75) is 39.3 Å². The molecule has 2 unspecified atom stereocenters. The highest BCUT2D eigenvalue weighted by Crippen LogP contribution is 2.13. The van der Waals surface area contributed by atoms with Gasteiger partial charge in [0.2, 0.25) is 11.8 Å². The quantitative estimate of drug-likeness (QED) is 0.638. The summed E-state index contributed by atoms with van der Waals surface area (Å²) >= 11 is 0. The van der Waals surface area contributed by atoms with Gasteiger partial charge in [-0.25, -0.2) is 0 Å². The van der Waals surface area contributed by atoms with Gasteiger partial charge in [-0.05, 0) is 27.3 Å². The molecule has 0 aliphatic carbocycles. The van der Waals surface area contributed by atoms with Crippen molar-refractivity contribution in [3.63, 3.8) is 0 Å². The topological polar surface area (TPSA) is 79.5 Å². The largest absolute Gasteiger partial charge is 0.379 e. The van der Waals surface area contributed by atoms with E-state index in [4.69, 9.17) is 4.74 Å². The first-order valence-corrected chi connectivity index (χ1v) is 6.73. The fourth-order valence-electron chi connectivity index (χ4n) is 2.04. The molecule has 1 rings (SSSR count). The lowest BCUT2D eigenvalue weighted by Crippen LogP contribution is -2.49. The zero-order valence-electron chi connectivity index (χ0n) is 12.2. The predicted octanol–water partition coefficient (Wildman–Crippen LogP) is -0.358. The van der Waals surface area contributed by atoms with E-state index in [2.05, 4.69) is 16.0 Å². The number of nitrogens with one attached hydrogen (secondary N) is 3. The van der Waals surface area contributed by atoms with E-state index >= 15 is 0 Å². The number of hydrogen-bond donors (Lipinski definition) is 3. The Balaban J connectivity index is 2.36. The predicted molar refractivity (Wildman–Crippen MR) is 72.7 cm³/mol. The standard InChI is InChI=1S/C13H25N3O3/c1-5-14-10-8-19-7-9(10)12(18)15-6-11(17)16-13(2,3)4/h9-10,14H,5-8H2,1-4H3,(H,15,18)(H,16,17). The second kappa shape index (κ2) is 6.86. The molecule has 2 amide bonds. The first-order chi connectivity index (χ1) is 8.83. The van der Waals surface area contributed by atoms with E-state index < -0.39 is 0 Å². The molecule has 1 aliphatic rings. The van der Waals surface area contributed by atoms with Gasteiger partial charge < -0.3 is 20.7 Å². The number of carbonyl (C=O) groups excluding carboxylic acids is 2. The van der Waals surface area contributed by atoms with Crippen LogP contribution >= 0.6 is 0 Å². The minimum Gasteiger partial charge on any atom is -0.379 e. The highest BCUT2D eigenvalue weighted by Gasteiger charge is 2.33. The van der Waals surface area contributed by atoms with E-state index in [0.717, 1.165) is 6.54 Å². The fourth-order valence-corrected chi connectivity index (χ4v) is 2.04. The van der Waals surface area contributed by atoms with E-state index in [1.54, 1.807) is 0 Å². The summed E-state index contributed by atoms with van der Waals surface area (Å²) in [6.07, 6.45) is 0. The molecule has 1 fully saturated rings. The molecule has 6 heteroatoms. The van der Waals surface area contributed by atoms with Crippen LogP contribution in [0.15, 0.2) is 0 Å². The monoisotopic (exact) mass is 271 g/mol. The van der Waals surface area contributed by atoms with Crippen LogP contribution in [0.2, 0.25) is 0 Å². The molecule has 0 saturated carbocycles. The molecule has 1 heterocycles. The van der Waals surface area contributed by atoms with Crippen LogP contribution in [0.4, 0.5) is 0 Å². The molecule has 2 atom stereocenters. The molecule has 0 spiro atoms. The Bertz CT molecular complexity index is 326. The minimum atomic E-state index is -0.287. The minimum absolute atomic E-state index is 0.00541. The van der Waals surface area contributed by atoms with Crippen molar-refractivity contribution in [3.8, 4) is 0 Å². The Hall–Kier alpha value is -1.14. The summed E-state index contributed by atoms with van der Waals surface area (Å²) in [4.78, 5) is 23.6. The number of hydrogen-bond acceptors (Lipinski definition) is 4. The van der Waals surface area contributed by atoms with E-state index in [1.807, 2.05) is 27.7 Å². The van der Waals surface area contributed by atoms with Crippen LogP contribution in [-0.2, 0) is 14.3 Å². The summed E-state index contributed by atoms with van der Waals surface area (Å²) in [5.41, 5.74) is -0.287. The molecule has 0 aromatic rings. The highest BCUT2D eigenvalue weighted by molar-refractivity contribution is 5.86. The van der Waals surface area contributed by atoms with Gasteiger partial charge in [-0.3, -0.25) is 9.59 Å². The number of likely N-dealkylation sites (N-methyl/N-ethyl adjacent to an activating group) is 1. The third kappa shape index (κ3) is 5.57. The van der Waals surface area contributed by atoms with Gasteiger partial charge in [-0.2, -0.15) is 0 Å². The van der Waals surface area contributed by atoms with Gasteiger partial charge in [-0.15, -0.1) is 0 Å². The Morgan fingerprint density at radius 3 is 2.53 bits per heavy atom. The summed E-state index contributed by atoms with van der Waals surface area (Å²) in [7, 11) is 0. The third-order valence-electron chi connectivity index (χ3n) is 2.82. The van der Waals surface area contributed by atoms with E-state index in [0.29, 0.717) is 13.2 Å². The maximum Gasteiger partial charge on any atom is 0.239 e. The summed E-state index contributed by atoms with van der Waals surface area (Å²) in [6, 6.07) is 0.0377. The van der Waals surface area contributed by atoms with Gasteiger partial charge in [0.05, 0.1) is 25.7 Å². The van der Waals surface area contributed by atoms with Crippen molar-refractivity contribution in [2.24, 2.45) is 5.92 Å². The number of carbonyl (C=O) groups is 2. The molecule has 19 heavy (non-hydrogen) atoms. The summed E-state index contributed by atoms with van der Waals surface area (Å²) in [5.74, 6) is -0.533. The highest BCUT2D eigenvalue weighted by atomic mass is 16.5. The molecule has 0 aromatic carbocycles. The van der Waals surface area contributed by atoms with Crippen LogP contribution in [0.25, 0.3) is 0 Å². The first-order valence-electron chi connectivity index (χ1n) is 6.73. The molecular formula is C13H25N3O3. The fraction of sp³-hybridized carbons (Fsp3) is 0.846. The van der Waals surface area contributed by atoms with Gasteiger partial charge >= 0.3 is 0 Å². The summed E-state index contributed by atoms with van der Waals surface area (Å²) in [6.45, 7) is 9.44. The molecule has 1 saturated heterocycles. The lowest BCUT2D eigenvalue weighted by Gasteiger charge is -2.21. The lowest BCUT2D eigenvalue weighted by atomic mass is 10.0. The molecule has 6 nitrogen and oxygen atoms in total. The maximum absolute atomic E-state index is 12.0. The van der Waals surface area contributed by atoms with Crippen LogP contribution in [0.3, 0.4) is 0 Å². The Kier molecular flexibility index (Phi) is 5.75. The zero-order chi connectivity index (χ0) is 14.5.